The zero-order valence-electron chi connectivity index (χ0n) is 17.6. The number of carbonyl (C=O) groups is 1. The molecule has 1 saturated heterocycles. The number of allylic oxidation sites excluding steroid dienone is 2. The van der Waals surface area contributed by atoms with Gasteiger partial charge in [-0.25, -0.2) is 0 Å². The molecule has 0 spiro atoms. The molecule has 4 nitrogen and oxygen atoms in total. The maximum atomic E-state index is 10.6. The van der Waals surface area contributed by atoms with Crippen LogP contribution in [0.15, 0.2) is 66.7 Å². The minimum Gasteiger partial charge on any atom is -0.497 e. The van der Waals surface area contributed by atoms with Crippen molar-refractivity contribution in [2.24, 2.45) is 5.92 Å². The standard InChI is InChI=1S/C25H31NO3.ClH/c1-29-23-14-9-13-22(18-23)25-21(12-7-2-3-8-15-24(27)28)16-17-26(25)19-20-10-5-4-6-11-20;/h2,4-7,9-11,13-14,18,21,25H,3,8,12,15-17,19H2,1H3,(H,27,28);1H/b7-2-;/t21-,25-;/m0./s1. The van der Waals surface area contributed by atoms with E-state index in [2.05, 4.69) is 65.6 Å². The quantitative estimate of drug-likeness (QED) is 0.378. The molecule has 2 aromatic carbocycles. The summed E-state index contributed by atoms with van der Waals surface area (Å²) < 4.78 is 5.47. The molecule has 0 bridgehead atoms. The van der Waals surface area contributed by atoms with Crippen LogP contribution in [0.4, 0.5) is 0 Å². The van der Waals surface area contributed by atoms with Crippen molar-refractivity contribution in [1.29, 1.82) is 0 Å². The summed E-state index contributed by atoms with van der Waals surface area (Å²) in [5, 5.41) is 8.76. The number of rotatable bonds is 10. The van der Waals surface area contributed by atoms with Gasteiger partial charge >= 0.3 is 5.97 Å². The molecule has 1 heterocycles. The van der Waals surface area contributed by atoms with Gasteiger partial charge in [-0.3, -0.25) is 9.69 Å². The van der Waals surface area contributed by atoms with E-state index < -0.39 is 5.97 Å². The normalized spacial score (nSPS) is 19.0. The number of hydrogen-bond acceptors (Lipinski definition) is 3. The number of halogens is 1. The van der Waals surface area contributed by atoms with Crippen molar-refractivity contribution in [3.8, 4) is 5.75 Å². The van der Waals surface area contributed by atoms with E-state index in [-0.39, 0.29) is 18.8 Å². The van der Waals surface area contributed by atoms with Crippen LogP contribution in [-0.4, -0.2) is 29.6 Å². The number of ether oxygens (including phenoxy) is 1. The number of unbranched alkanes of at least 4 members (excludes halogenated alkanes) is 1. The Kier molecular flexibility index (Phi) is 9.92. The van der Waals surface area contributed by atoms with Gasteiger partial charge in [0.15, 0.2) is 0 Å². The molecule has 1 fully saturated rings. The molecule has 1 aliphatic heterocycles. The highest BCUT2D eigenvalue weighted by molar-refractivity contribution is 5.85. The molecular formula is C25H32ClNO3. The Hall–Kier alpha value is -2.30. The predicted octanol–water partition coefficient (Wildman–Crippen LogP) is 5.88. The molecule has 0 amide bonds. The van der Waals surface area contributed by atoms with Gasteiger partial charge in [-0.15, -0.1) is 12.4 Å². The Morgan fingerprint density at radius 2 is 1.97 bits per heavy atom. The minimum absolute atomic E-state index is 0. The molecule has 30 heavy (non-hydrogen) atoms. The summed E-state index contributed by atoms with van der Waals surface area (Å²) in [6.07, 6.45) is 8.34. The predicted molar refractivity (Wildman–Crippen MR) is 123 cm³/mol. The SMILES string of the molecule is COc1cccc([C@@H]2[C@@H](C/C=C\CCCC(=O)O)CCN2Cc2ccccc2)c1.Cl. The highest BCUT2D eigenvalue weighted by Gasteiger charge is 2.34. The number of carboxylic acid groups (broad SMARTS) is 1. The second-order valence-corrected chi connectivity index (χ2v) is 7.72. The highest BCUT2D eigenvalue weighted by atomic mass is 35.5. The molecule has 0 aromatic heterocycles. The number of carboxylic acids is 1. The minimum atomic E-state index is -0.719. The fourth-order valence-electron chi connectivity index (χ4n) is 4.24. The van der Waals surface area contributed by atoms with Gasteiger partial charge in [-0.1, -0.05) is 54.6 Å². The molecule has 5 heteroatoms. The Labute approximate surface area is 186 Å². The smallest absolute Gasteiger partial charge is 0.303 e. The van der Waals surface area contributed by atoms with Crippen LogP contribution < -0.4 is 4.74 Å². The summed E-state index contributed by atoms with van der Waals surface area (Å²) in [5.74, 6) is 0.724. The van der Waals surface area contributed by atoms with Crippen LogP contribution in [0.1, 0.15) is 49.3 Å². The van der Waals surface area contributed by atoms with Crippen molar-refractivity contribution in [3.63, 3.8) is 0 Å². The number of benzene rings is 2. The van der Waals surface area contributed by atoms with Crippen LogP contribution in [0.5, 0.6) is 5.75 Å². The van der Waals surface area contributed by atoms with Crippen LogP contribution in [0.3, 0.4) is 0 Å². The van der Waals surface area contributed by atoms with Gasteiger partial charge in [0.05, 0.1) is 7.11 Å². The zero-order chi connectivity index (χ0) is 20.5. The Morgan fingerprint density at radius 1 is 1.17 bits per heavy atom. The molecule has 0 unspecified atom stereocenters. The van der Waals surface area contributed by atoms with E-state index in [0.717, 1.165) is 38.1 Å². The molecule has 2 atom stereocenters. The van der Waals surface area contributed by atoms with Crippen LogP contribution in [0, 0.1) is 5.92 Å². The lowest BCUT2D eigenvalue weighted by atomic mass is 9.90. The summed E-state index contributed by atoms with van der Waals surface area (Å²) in [7, 11) is 1.72. The second kappa shape index (κ2) is 12.4. The molecular weight excluding hydrogens is 398 g/mol. The first-order valence-corrected chi connectivity index (χ1v) is 10.5. The molecule has 2 aromatic rings. The first kappa shape index (κ1) is 24.0. The van der Waals surface area contributed by atoms with Crippen molar-refractivity contribution in [2.75, 3.05) is 13.7 Å². The molecule has 1 aliphatic rings. The van der Waals surface area contributed by atoms with E-state index in [9.17, 15) is 4.79 Å². The molecule has 162 valence electrons. The van der Waals surface area contributed by atoms with E-state index in [0.29, 0.717) is 18.4 Å². The average molecular weight is 430 g/mol. The zero-order valence-corrected chi connectivity index (χ0v) is 18.4. The van der Waals surface area contributed by atoms with E-state index in [4.69, 9.17) is 9.84 Å². The first-order valence-electron chi connectivity index (χ1n) is 10.5. The van der Waals surface area contributed by atoms with Crippen molar-refractivity contribution in [2.45, 2.75) is 44.7 Å². The third-order valence-electron chi connectivity index (χ3n) is 5.66. The Morgan fingerprint density at radius 3 is 2.70 bits per heavy atom. The maximum Gasteiger partial charge on any atom is 0.303 e. The number of hydrogen-bond donors (Lipinski definition) is 1. The van der Waals surface area contributed by atoms with E-state index in [1.807, 2.05) is 6.07 Å². The van der Waals surface area contributed by atoms with Gasteiger partial charge in [0.1, 0.15) is 5.75 Å². The van der Waals surface area contributed by atoms with Crippen LogP contribution in [0.2, 0.25) is 0 Å². The van der Waals surface area contributed by atoms with Crippen LogP contribution in [-0.2, 0) is 11.3 Å². The monoisotopic (exact) mass is 429 g/mol. The Bertz CT molecular complexity index is 809. The van der Waals surface area contributed by atoms with Crippen molar-refractivity contribution in [3.05, 3.63) is 77.9 Å². The van der Waals surface area contributed by atoms with E-state index in [1.54, 1.807) is 7.11 Å². The lowest BCUT2D eigenvalue weighted by Gasteiger charge is -2.29. The number of nitrogens with zero attached hydrogens (tertiary/aromatic N) is 1. The number of likely N-dealkylation sites (tertiary alicyclic amines) is 1. The molecule has 0 aliphatic carbocycles. The largest absolute Gasteiger partial charge is 0.497 e. The van der Waals surface area contributed by atoms with Crippen LogP contribution >= 0.6 is 12.4 Å². The van der Waals surface area contributed by atoms with Gasteiger partial charge in [0.25, 0.3) is 0 Å². The lowest BCUT2D eigenvalue weighted by Crippen LogP contribution is -2.25. The summed E-state index contributed by atoms with van der Waals surface area (Å²) in [6.45, 7) is 2.02. The highest BCUT2D eigenvalue weighted by Crippen LogP contribution is 2.41. The van der Waals surface area contributed by atoms with Crippen LogP contribution in [0.25, 0.3) is 0 Å². The third-order valence-corrected chi connectivity index (χ3v) is 5.66. The Balaban J connectivity index is 0.00000320. The number of aliphatic carboxylic acids is 1. The maximum absolute atomic E-state index is 10.6. The number of methoxy groups -OCH3 is 1. The topological polar surface area (TPSA) is 49.8 Å². The summed E-state index contributed by atoms with van der Waals surface area (Å²) in [6, 6.07) is 19.4. The fourth-order valence-corrected chi connectivity index (χ4v) is 4.24. The average Bonchev–Trinajstić information content (AvgIpc) is 3.13. The summed E-state index contributed by atoms with van der Waals surface area (Å²) in [4.78, 5) is 13.2. The molecule has 0 saturated carbocycles. The second-order valence-electron chi connectivity index (χ2n) is 7.72. The van der Waals surface area contributed by atoms with Gasteiger partial charge in [-0.05, 0) is 61.4 Å². The van der Waals surface area contributed by atoms with Gasteiger partial charge in [0.2, 0.25) is 0 Å². The summed E-state index contributed by atoms with van der Waals surface area (Å²) >= 11 is 0. The van der Waals surface area contributed by atoms with Gasteiger partial charge in [0, 0.05) is 19.0 Å². The fraction of sp³-hybridized carbons (Fsp3) is 0.400. The first-order chi connectivity index (χ1) is 14.2. The molecule has 3 rings (SSSR count). The van der Waals surface area contributed by atoms with Gasteiger partial charge in [-0.2, -0.15) is 0 Å². The van der Waals surface area contributed by atoms with Gasteiger partial charge < -0.3 is 9.84 Å². The molecule has 0 radical (unpaired) electrons. The summed E-state index contributed by atoms with van der Waals surface area (Å²) in [5.41, 5.74) is 2.65. The van der Waals surface area contributed by atoms with E-state index >= 15 is 0 Å². The van der Waals surface area contributed by atoms with Crippen molar-refractivity contribution >= 4 is 18.4 Å². The molecule has 1 N–H and O–H groups in total. The third kappa shape index (κ3) is 6.89. The van der Waals surface area contributed by atoms with Crippen molar-refractivity contribution in [1.82, 2.24) is 4.90 Å². The van der Waals surface area contributed by atoms with Crippen molar-refractivity contribution < 1.29 is 14.6 Å². The lowest BCUT2D eigenvalue weighted by molar-refractivity contribution is -0.137. The van der Waals surface area contributed by atoms with E-state index in [1.165, 1.54) is 11.1 Å².